The molecule has 1 N–H and O–H groups in total. The van der Waals surface area contributed by atoms with Gasteiger partial charge in [-0.25, -0.2) is 0 Å². The Bertz CT molecular complexity index is 1010. The van der Waals surface area contributed by atoms with E-state index in [1.807, 2.05) is 42.7 Å². The molecule has 2 aromatic carbocycles. The maximum Gasteiger partial charge on any atom is 0.234 e. The second kappa shape index (κ2) is 10.5. The summed E-state index contributed by atoms with van der Waals surface area (Å²) in [6, 6.07) is 12.5. The number of amides is 1. The Balaban J connectivity index is 1.63. The third-order valence-electron chi connectivity index (χ3n) is 4.03. The predicted octanol–water partition coefficient (Wildman–Crippen LogP) is 6.24. The number of halogens is 3. The quantitative estimate of drug-likeness (QED) is 0.350. The fraction of sp³-hybridized carbons (Fsp3) is 0.250. The van der Waals surface area contributed by atoms with Gasteiger partial charge in [-0.1, -0.05) is 50.9 Å². The summed E-state index contributed by atoms with van der Waals surface area (Å²) in [4.78, 5) is 12.3. The lowest BCUT2D eigenvalue weighted by Gasteiger charge is -2.15. The molecule has 3 aromatic rings. The highest BCUT2D eigenvalue weighted by molar-refractivity contribution is 9.10. The van der Waals surface area contributed by atoms with Crippen LogP contribution in [0.5, 0.6) is 5.75 Å². The van der Waals surface area contributed by atoms with E-state index in [1.165, 1.54) is 11.8 Å². The molecule has 1 unspecified atom stereocenters. The van der Waals surface area contributed by atoms with Crippen molar-refractivity contribution in [2.24, 2.45) is 0 Å². The van der Waals surface area contributed by atoms with E-state index in [0.29, 0.717) is 33.3 Å². The number of anilines is 1. The van der Waals surface area contributed by atoms with Gasteiger partial charge in [-0.2, -0.15) is 0 Å². The van der Waals surface area contributed by atoms with Crippen LogP contribution in [0, 0.1) is 0 Å². The standard InChI is InChI=1S/C20H19BrCl2N4O2S/c1-3-27-19(12(2)29-17-6-4-13(21)5-7-17)25-26-20(27)30-11-18(28)24-16-9-14(22)8-15(23)10-16/h4-10,12H,3,11H2,1-2H3,(H,24,28). The van der Waals surface area contributed by atoms with Crippen molar-refractivity contribution in [3.05, 3.63) is 62.8 Å². The van der Waals surface area contributed by atoms with Crippen molar-refractivity contribution in [1.29, 1.82) is 0 Å². The van der Waals surface area contributed by atoms with Gasteiger partial charge < -0.3 is 14.6 Å². The smallest absolute Gasteiger partial charge is 0.234 e. The lowest BCUT2D eigenvalue weighted by Crippen LogP contribution is -2.15. The first-order chi connectivity index (χ1) is 14.4. The highest BCUT2D eigenvalue weighted by Crippen LogP contribution is 2.26. The number of hydrogen-bond acceptors (Lipinski definition) is 5. The molecule has 0 aliphatic heterocycles. The average molecular weight is 530 g/mol. The topological polar surface area (TPSA) is 69.0 Å². The summed E-state index contributed by atoms with van der Waals surface area (Å²) in [7, 11) is 0. The van der Waals surface area contributed by atoms with Gasteiger partial charge in [0.15, 0.2) is 17.1 Å². The van der Waals surface area contributed by atoms with Crippen LogP contribution >= 0.6 is 50.9 Å². The van der Waals surface area contributed by atoms with Gasteiger partial charge in [-0.05, 0) is 56.3 Å². The van der Waals surface area contributed by atoms with Crippen molar-refractivity contribution in [2.45, 2.75) is 31.7 Å². The molecule has 0 saturated carbocycles. The first kappa shape index (κ1) is 22.9. The zero-order valence-electron chi connectivity index (χ0n) is 16.2. The molecule has 1 atom stereocenters. The van der Waals surface area contributed by atoms with Gasteiger partial charge >= 0.3 is 0 Å². The first-order valence-electron chi connectivity index (χ1n) is 9.09. The molecule has 1 amide bonds. The van der Waals surface area contributed by atoms with Gasteiger partial charge in [0.1, 0.15) is 5.75 Å². The van der Waals surface area contributed by atoms with Crippen molar-refractivity contribution in [3.63, 3.8) is 0 Å². The number of carbonyl (C=O) groups is 1. The maximum atomic E-state index is 12.3. The molecule has 0 aliphatic rings. The SMILES string of the molecule is CCn1c(SCC(=O)Nc2cc(Cl)cc(Cl)c2)nnc1C(C)Oc1ccc(Br)cc1. The van der Waals surface area contributed by atoms with Gasteiger partial charge in [0.25, 0.3) is 0 Å². The highest BCUT2D eigenvalue weighted by Gasteiger charge is 2.19. The zero-order chi connectivity index (χ0) is 21.7. The van der Waals surface area contributed by atoms with Crippen molar-refractivity contribution in [3.8, 4) is 5.75 Å². The fourth-order valence-corrected chi connectivity index (χ4v) is 4.33. The van der Waals surface area contributed by atoms with E-state index in [0.717, 1.165) is 10.2 Å². The largest absolute Gasteiger partial charge is 0.483 e. The first-order valence-corrected chi connectivity index (χ1v) is 11.6. The Morgan fingerprint density at radius 1 is 1.20 bits per heavy atom. The number of rotatable bonds is 8. The van der Waals surface area contributed by atoms with Gasteiger partial charge in [-0.15, -0.1) is 10.2 Å². The zero-order valence-corrected chi connectivity index (χ0v) is 20.1. The number of nitrogens with zero attached hydrogens (tertiary/aromatic N) is 3. The van der Waals surface area contributed by atoms with E-state index in [9.17, 15) is 4.79 Å². The molecule has 0 aliphatic carbocycles. The molecule has 1 aromatic heterocycles. The molecule has 6 nitrogen and oxygen atoms in total. The van der Waals surface area contributed by atoms with Crippen LogP contribution in [0.25, 0.3) is 0 Å². The Morgan fingerprint density at radius 3 is 2.50 bits per heavy atom. The Kier molecular flexibility index (Phi) is 8.05. The Hall–Kier alpha value is -1.74. The summed E-state index contributed by atoms with van der Waals surface area (Å²) in [5.41, 5.74) is 0.548. The van der Waals surface area contributed by atoms with Crippen LogP contribution in [0.15, 0.2) is 52.1 Å². The monoisotopic (exact) mass is 528 g/mol. The van der Waals surface area contributed by atoms with Gasteiger partial charge in [0, 0.05) is 26.8 Å². The van der Waals surface area contributed by atoms with Crippen LogP contribution < -0.4 is 10.1 Å². The minimum atomic E-state index is -0.296. The molecule has 0 fully saturated rings. The molecular weight excluding hydrogens is 511 g/mol. The summed E-state index contributed by atoms with van der Waals surface area (Å²) >= 11 is 16.6. The normalized spacial score (nSPS) is 11.9. The predicted molar refractivity (Wildman–Crippen MR) is 125 cm³/mol. The number of thioether (sulfide) groups is 1. The third-order valence-corrected chi connectivity index (χ3v) is 5.96. The number of carbonyl (C=O) groups excluding carboxylic acids is 1. The molecule has 0 radical (unpaired) electrons. The van der Waals surface area contributed by atoms with E-state index in [2.05, 4.69) is 31.4 Å². The van der Waals surface area contributed by atoms with E-state index in [4.69, 9.17) is 27.9 Å². The summed E-state index contributed by atoms with van der Waals surface area (Å²) in [6.45, 7) is 4.57. The number of benzene rings is 2. The van der Waals surface area contributed by atoms with Crippen LogP contribution in [-0.4, -0.2) is 26.4 Å². The van der Waals surface area contributed by atoms with Crippen molar-refractivity contribution < 1.29 is 9.53 Å². The second-order valence-corrected chi connectivity index (χ2v) is 9.03. The summed E-state index contributed by atoms with van der Waals surface area (Å²) in [6.07, 6.45) is -0.296. The summed E-state index contributed by atoms with van der Waals surface area (Å²) < 4.78 is 8.91. The van der Waals surface area contributed by atoms with E-state index in [1.54, 1.807) is 18.2 Å². The van der Waals surface area contributed by atoms with Crippen molar-refractivity contribution >= 4 is 62.5 Å². The average Bonchev–Trinajstić information content (AvgIpc) is 3.10. The van der Waals surface area contributed by atoms with Crippen molar-refractivity contribution in [2.75, 3.05) is 11.1 Å². The van der Waals surface area contributed by atoms with E-state index in [-0.39, 0.29) is 17.8 Å². The van der Waals surface area contributed by atoms with E-state index >= 15 is 0 Å². The highest BCUT2D eigenvalue weighted by atomic mass is 79.9. The third kappa shape index (κ3) is 6.14. The molecule has 1 heterocycles. The van der Waals surface area contributed by atoms with Crippen LogP contribution in [0.1, 0.15) is 25.8 Å². The molecule has 158 valence electrons. The minimum Gasteiger partial charge on any atom is -0.483 e. The number of hydrogen-bond donors (Lipinski definition) is 1. The molecule has 10 heteroatoms. The van der Waals surface area contributed by atoms with Gasteiger partial charge in [-0.3, -0.25) is 4.79 Å². The van der Waals surface area contributed by atoms with Gasteiger partial charge in [0.05, 0.1) is 5.75 Å². The molecule has 0 bridgehead atoms. The molecule has 3 rings (SSSR count). The maximum absolute atomic E-state index is 12.3. The fourth-order valence-electron chi connectivity index (χ4n) is 2.73. The van der Waals surface area contributed by atoms with Crippen LogP contribution in [0.4, 0.5) is 5.69 Å². The lowest BCUT2D eigenvalue weighted by molar-refractivity contribution is -0.113. The lowest BCUT2D eigenvalue weighted by atomic mass is 10.3. The molecular formula is C20H19BrCl2N4O2S. The number of nitrogens with one attached hydrogen (secondary N) is 1. The Morgan fingerprint density at radius 2 is 1.87 bits per heavy atom. The number of aromatic nitrogens is 3. The van der Waals surface area contributed by atoms with Crippen LogP contribution in [0.3, 0.4) is 0 Å². The van der Waals surface area contributed by atoms with Gasteiger partial charge in [0.2, 0.25) is 5.91 Å². The molecule has 0 saturated heterocycles. The number of ether oxygens (including phenoxy) is 1. The Labute approximate surface area is 197 Å². The second-order valence-electron chi connectivity index (χ2n) is 6.29. The molecule has 30 heavy (non-hydrogen) atoms. The van der Waals surface area contributed by atoms with Crippen LogP contribution in [0.2, 0.25) is 10.0 Å². The van der Waals surface area contributed by atoms with E-state index < -0.39 is 0 Å². The minimum absolute atomic E-state index is 0.171. The van der Waals surface area contributed by atoms with Crippen LogP contribution in [-0.2, 0) is 11.3 Å². The summed E-state index contributed by atoms with van der Waals surface area (Å²) in [5.74, 6) is 1.42. The van der Waals surface area contributed by atoms with Crippen molar-refractivity contribution in [1.82, 2.24) is 14.8 Å². The summed E-state index contributed by atoms with van der Waals surface area (Å²) in [5, 5.41) is 12.9. The molecule has 0 spiro atoms.